The molecule has 0 radical (unpaired) electrons. The monoisotopic (exact) mass is 428 g/mol. The van der Waals surface area contributed by atoms with Crippen LogP contribution in [0.2, 0.25) is 0 Å². The van der Waals surface area contributed by atoms with Crippen LogP contribution in [-0.4, -0.2) is 25.3 Å². The summed E-state index contributed by atoms with van der Waals surface area (Å²) in [6, 6.07) is 3.22. The van der Waals surface area contributed by atoms with Crippen molar-refractivity contribution >= 4 is 56.0 Å². The topological polar surface area (TPSA) is 34.9 Å². The van der Waals surface area contributed by atoms with Gasteiger partial charge in [0.1, 0.15) is 11.6 Å². The highest BCUT2D eigenvalue weighted by atomic mass is 127. The summed E-state index contributed by atoms with van der Waals surface area (Å²) in [5.41, 5.74) is 1.49. The number of imidazole rings is 1. The third-order valence-corrected chi connectivity index (χ3v) is 5.75. The van der Waals surface area contributed by atoms with E-state index in [1.807, 2.05) is 34.1 Å². The molecule has 0 saturated carbocycles. The van der Waals surface area contributed by atoms with Gasteiger partial charge < -0.3 is 4.57 Å². The number of rotatable bonds is 5. The molecule has 0 saturated heterocycles. The Kier molecular flexibility index (Phi) is 5.42. The maximum atomic E-state index is 13.7. The van der Waals surface area contributed by atoms with Gasteiger partial charge in [0, 0.05) is 34.9 Å². The van der Waals surface area contributed by atoms with Crippen LogP contribution >= 0.6 is 34.2 Å². The van der Waals surface area contributed by atoms with Crippen LogP contribution in [0.1, 0.15) is 19.2 Å². The molecule has 0 bridgehead atoms. The molecule has 0 amide bonds. The molecule has 1 aromatic carbocycles. The predicted octanol–water partition coefficient (Wildman–Crippen LogP) is 3.68. The lowest BCUT2D eigenvalue weighted by atomic mass is 10.3. The fraction of sp³-hybridized carbons (Fsp3) is 0.462. The zero-order valence-corrected chi connectivity index (χ0v) is 14.9. The van der Waals surface area contributed by atoms with Gasteiger partial charge in [-0.1, -0.05) is 6.92 Å². The Hall–Kier alpha value is -0.210. The van der Waals surface area contributed by atoms with Crippen molar-refractivity contribution in [3.05, 3.63) is 27.3 Å². The van der Waals surface area contributed by atoms with E-state index in [4.69, 9.17) is 11.6 Å². The summed E-state index contributed by atoms with van der Waals surface area (Å²) in [7, 11) is -0.864. The third-order valence-electron chi connectivity index (χ3n) is 3.31. The van der Waals surface area contributed by atoms with Gasteiger partial charge in [0.25, 0.3) is 0 Å². The van der Waals surface area contributed by atoms with Crippen LogP contribution in [0.25, 0.3) is 11.0 Å². The average Bonchev–Trinajstić information content (AvgIpc) is 2.73. The predicted molar refractivity (Wildman–Crippen MR) is 90.1 cm³/mol. The third kappa shape index (κ3) is 3.33. The number of hydrogen-bond acceptors (Lipinski definition) is 2. The smallest absolute Gasteiger partial charge is 0.138 e. The molecule has 2 atom stereocenters. The van der Waals surface area contributed by atoms with Crippen LogP contribution in [0.4, 0.5) is 4.39 Å². The van der Waals surface area contributed by atoms with Gasteiger partial charge in [-0.05, 0) is 35.1 Å². The fourth-order valence-corrected chi connectivity index (χ4v) is 3.09. The number of nitrogens with zero attached hydrogens (tertiary/aromatic N) is 2. The van der Waals surface area contributed by atoms with Crippen molar-refractivity contribution in [1.82, 2.24) is 9.55 Å². The Morgan fingerprint density at radius 3 is 2.85 bits per heavy atom. The fourth-order valence-electron chi connectivity index (χ4n) is 2.00. The highest BCUT2D eigenvalue weighted by Crippen LogP contribution is 2.23. The first-order valence-corrected chi connectivity index (χ1v) is 9.39. The summed E-state index contributed by atoms with van der Waals surface area (Å²) in [5, 5.41) is 0.0873. The van der Waals surface area contributed by atoms with E-state index in [1.165, 1.54) is 6.07 Å². The Morgan fingerprint density at radius 2 is 2.25 bits per heavy atom. The van der Waals surface area contributed by atoms with Gasteiger partial charge in [-0.2, -0.15) is 0 Å². The molecule has 2 rings (SSSR count). The number of fused-ring (bicyclic) bond motifs is 1. The number of halogens is 3. The average molecular weight is 429 g/mol. The van der Waals surface area contributed by atoms with Crippen molar-refractivity contribution in [2.75, 3.05) is 6.26 Å². The molecule has 20 heavy (non-hydrogen) atoms. The summed E-state index contributed by atoms with van der Waals surface area (Å²) in [6.45, 7) is 2.58. The van der Waals surface area contributed by atoms with E-state index >= 15 is 0 Å². The molecule has 0 fully saturated rings. The molecule has 1 heterocycles. The molecule has 0 N–H and O–H groups in total. The van der Waals surface area contributed by atoms with Crippen LogP contribution in [0, 0.1) is 9.39 Å². The van der Waals surface area contributed by atoms with Crippen molar-refractivity contribution in [2.45, 2.75) is 31.0 Å². The van der Waals surface area contributed by atoms with E-state index in [1.54, 1.807) is 12.3 Å². The van der Waals surface area contributed by atoms with Gasteiger partial charge in [-0.25, -0.2) is 9.37 Å². The Bertz CT molecular complexity index is 661. The Morgan fingerprint density at radius 1 is 1.55 bits per heavy atom. The molecule has 110 valence electrons. The van der Waals surface area contributed by atoms with Crippen molar-refractivity contribution in [2.24, 2.45) is 0 Å². The molecular weight excluding hydrogens is 414 g/mol. The van der Waals surface area contributed by atoms with Crippen LogP contribution in [0.5, 0.6) is 0 Å². The summed E-state index contributed by atoms with van der Waals surface area (Å²) in [6.07, 6.45) is 2.44. The second-order valence-corrected chi connectivity index (χ2v) is 7.90. The lowest BCUT2D eigenvalue weighted by molar-refractivity contribution is 0.608. The van der Waals surface area contributed by atoms with Gasteiger partial charge in [0.05, 0.1) is 20.5 Å². The molecule has 0 aliphatic rings. The minimum absolute atomic E-state index is 0.0873. The van der Waals surface area contributed by atoms with Gasteiger partial charge >= 0.3 is 0 Å². The number of benzene rings is 1. The van der Waals surface area contributed by atoms with E-state index in [2.05, 4.69) is 4.98 Å². The standard InChI is InChI=1S/C13H15ClFIN2OS/c1-8(20(2)19)3-4-18-12-5-9(15)10(16)6-11(12)17-13(18)7-14/h5-6,8H,3-4,7H2,1-2H3. The molecule has 2 aromatic rings. The molecular formula is C13H15ClFIN2OS. The normalized spacial score (nSPS) is 14.7. The highest BCUT2D eigenvalue weighted by molar-refractivity contribution is 14.1. The maximum absolute atomic E-state index is 13.7. The van der Waals surface area contributed by atoms with E-state index in [0.29, 0.717) is 10.1 Å². The molecule has 2 unspecified atom stereocenters. The zero-order valence-electron chi connectivity index (χ0n) is 11.2. The van der Waals surface area contributed by atoms with E-state index in [9.17, 15) is 8.60 Å². The number of alkyl halides is 1. The number of aryl methyl sites for hydroxylation is 1. The van der Waals surface area contributed by atoms with Crippen molar-refractivity contribution in [3.63, 3.8) is 0 Å². The van der Waals surface area contributed by atoms with Gasteiger partial charge in [-0.3, -0.25) is 4.21 Å². The molecule has 3 nitrogen and oxygen atoms in total. The SMILES string of the molecule is CC(CCn1c(CCl)nc2cc(I)c(F)cc21)S(C)=O. The zero-order chi connectivity index (χ0) is 14.9. The molecule has 7 heteroatoms. The van der Waals surface area contributed by atoms with Crippen molar-refractivity contribution in [3.8, 4) is 0 Å². The van der Waals surface area contributed by atoms with E-state index < -0.39 is 10.8 Å². The summed E-state index contributed by atoms with van der Waals surface area (Å²) < 4.78 is 27.6. The minimum Gasteiger partial charge on any atom is -0.327 e. The lowest BCUT2D eigenvalue weighted by Crippen LogP contribution is -2.14. The van der Waals surface area contributed by atoms with Gasteiger partial charge in [-0.15, -0.1) is 11.6 Å². The van der Waals surface area contributed by atoms with Crippen LogP contribution in [0.3, 0.4) is 0 Å². The summed E-state index contributed by atoms with van der Waals surface area (Å²) >= 11 is 7.87. The van der Waals surface area contributed by atoms with Crippen molar-refractivity contribution < 1.29 is 8.60 Å². The first-order chi connectivity index (χ1) is 9.43. The lowest BCUT2D eigenvalue weighted by Gasteiger charge is -2.11. The Balaban J connectivity index is 2.40. The number of hydrogen-bond donors (Lipinski definition) is 0. The van der Waals surface area contributed by atoms with Crippen LogP contribution in [0.15, 0.2) is 12.1 Å². The maximum Gasteiger partial charge on any atom is 0.138 e. The summed E-state index contributed by atoms with van der Waals surface area (Å²) in [4.78, 5) is 4.44. The highest BCUT2D eigenvalue weighted by Gasteiger charge is 2.14. The van der Waals surface area contributed by atoms with Gasteiger partial charge in [0.15, 0.2) is 0 Å². The number of aromatic nitrogens is 2. The summed E-state index contributed by atoms with van der Waals surface area (Å²) in [5.74, 6) is 0.737. The van der Waals surface area contributed by atoms with Gasteiger partial charge in [0.2, 0.25) is 0 Å². The second-order valence-electron chi connectivity index (χ2n) is 4.67. The molecule has 1 aromatic heterocycles. The second kappa shape index (κ2) is 6.70. The quantitative estimate of drug-likeness (QED) is 0.538. The molecule has 0 aliphatic heterocycles. The van der Waals surface area contributed by atoms with Crippen molar-refractivity contribution in [1.29, 1.82) is 0 Å². The van der Waals surface area contributed by atoms with Crippen LogP contribution in [-0.2, 0) is 23.2 Å². The first kappa shape index (κ1) is 16.2. The largest absolute Gasteiger partial charge is 0.327 e. The Labute approximate surface area is 138 Å². The molecule has 0 aliphatic carbocycles. The van der Waals surface area contributed by atoms with E-state index in [0.717, 1.165) is 23.3 Å². The first-order valence-electron chi connectivity index (χ1n) is 6.16. The minimum atomic E-state index is -0.864. The van der Waals surface area contributed by atoms with Crippen LogP contribution < -0.4 is 0 Å². The van der Waals surface area contributed by atoms with E-state index in [-0.39, 0.29) is 16.9 Å². The molecule has 0 spiro atoms.